The number of hydrogen-bond acceptors (Lipinski definition) is 3. The van der Waals surface area contributed by atoms with Crippen molar-refractivity contribution >= 4 is 11.9 Å². The highest BCUT2D eigenvalue weighted by molar-refractivity contribution is 5.87. The summed E-state index contributed by atoms with van der Waals surface area (Å²) in [4.78, 5) is 23.2. The third-order valence-corrected chi connectivity index (χ3v) is 4.09. The minimum atomic E-state index is -0.588. The van der Waals surface area contributed by atoms with Crippen molar-refractivity contribution in [2.45, 2.75) is 33.1 Å². The lowest BCUT2D eigenvalue weighted by molar-refractivity contribution is -0.135. The van der Waals surface area contributed by atoms with E-state index in [9.17, 15) is 9.59 Å². The van der Waals surface area contributed by atoms with Crippen LogP contribution in [0.1, 0.15) is 33.1 Å². The Morgan fingerprint density at radius 2 is 2.22 bits per heavy atom. The van der Waals surface area contributed by atoms with Gasteiger partial charge in [0.1, 0.15) is 5.76 Å². The molecular formula is C14H19NO3. The molecule has 1 saturated carbocycles. The molecule has 4 heteroatoms. The number of hydrogen-bond donors (Lipinski definition) is 1. The van der Waals surface area contributed by atoms with Gasteiger partial charge in [0, 0.05) is 12.0 Å². The number of allylic oxidation sites excluding steroid dienone is 1. The molecule has 0 aromatic rings. The van der Waals surface area contributed by atoms with Gasteiger partial charge in [0.05, 0.1) is 5.41 Å². The van der Waals surface area contributed by atoms with Crippen molar-refractivity contribution in [1.82, 2.24) is 0 Å². The van der Waals surface area contributed by atoms with E-state index in [1.165, 1.54) is 0 Å². The normalized spacial score (nSPS) is 29.8. The average molecular weight is 249 g/mol. The van der Waals surface area contributed by atoms with Gasteiger partial charge in [-0.1, -0.05) is 20.4 Å². The van der Waals surface area contributed by atoms with E-state index in [0.717, 1.165) is 24.5 Å². The van der Waals surface area contributed by atoms with Crippen molar-refractivity contribution in [2.75, 3.05) is 0 Å². The third-order valence-electron chi connectivity index (χ3n) is 4.09. The summed E-state index contributed by atoms with van der Waals surface area (Å²) in [6, 6.07) is 0. The molecule has 0 heterocycles. The predicted molar refractivity (Wildman–Crippen MR) is 67.1 cm³/mol. The number of ether oxygens (including phenoxy) is 1. The summed E-state index contributed by atoms with van der Waals surface area (Å²) in [5.74, 6) is 0.211. The minimum Gasteiger partial charge on any atom is -0.428 e. The van der Waals surface area contributed by atoms with Crippen LogP contribution in [0.25, 0.3) is 0 Å². The van der Waals surface area contributed by atoms with Gasteiger partial charge >= 0.3 is 5.97 Å². The van der Waals surface area contributed by atoms with E-state index in [-0.39, 0.29) is 17.7 Å². The van der Waals surface area contributed by atoms with E-state index < -0.39 is 11.4 Å². The molecule has 0 aliphatic heterocycles. The van der Waals surface area contributed by atoms with Gasteiger partial charge in [-0.25, -0.2) is 4.79 Å². The summed E-state index contributed by atoms with van der Waals surface area (Å²) in [7, 11) is 0. The molecule has 2 aliphatic carbocycles. The zero-order valence-corrected chi connectivity index (χ0v) is 10.9. The summed E-state index contributed by atoms with van der Waals surface area (Å²) >= 11 is 0. The Kier molecular flexibility index (Phi) is 3.05. The molecule has 2 atom stereocenters. The highest BCUT2D eigenvalue weighted by Crippen LogP contribution is 2.59. The average Bonchev–Trinajstić information content (AvgIpc) is 2.85. The Balaban J connectivity index is 2.45. The van der Waals surface area contributed by atoms with E-state index in [1.807, 2.05) is 13.8 Å². The fraction of sp³-hybridized carbons (Fsp3) is 0.571. The van der Waals surface area contributed by atoms with Crippen molar-refractivity contribution in [3.8, 4) is 0 Å². The summed E-state index contributed by atoms with van der Waals surface area (Å²) in [6.07, 6.45) is 3.47. The first kappa shape index (κ1) is 12.9. The van der Waals surface area contributed by atoms with Crippen LogP contribution in [0.15, 0.2) is 24.0 Å². The van der Waals surface area contributed by atoms with Crippen LogP contribution >= 0.6 is 0 Å². The SMILES string of the molecule is C=CC(=O)OC1=C(C(C)C)C2(C(N)=O)CCC1C2. The summed E-state index contributed by atoms with van der Waals surface area (Å²) in [6.45, 7) is 7.40. The maximum absolute atomic E-state index is 11.8. The Morgan fingerprint density at radius 3 is 2.72 bits per heavy atom. The van der Waals surface area contributed by atoms with E-state index >= 15 is 0 Å². The molecule has 1 fully saturated rings. The highest BCUT2D eigenvalue weighted by Gasteiger charge is 2.56. The number of carbonyl (C=O) groups is 2. The molecule has 2 bridgehead atoms. The van der Waals surface area contributed by atoms with E-state index in [4.69, 9.17) is 10.5 Å². The zero-order chi connectivity index (χ0) is 13.5. The van der Waals surface area contributed by atoms with Gasteiger partial charge in [0.2, 0.25) is 5.91 Å². The van der Waals surface area contributed by atoms with Gasteiger partial charge < -0.3 is 10.5 Å². The lowest BCUT2D eigenvalue weighted by Crippen LogP contribution is -2.37. The van der Waals surface area contributed by atoms with Crippen LogP contribution in [0, 0.1) is 17.3 Å². The van der Waals surface area contributed by atoms with Crippen molar-refractivity contribution in [3.63, 3.8) is 0 Å². The quantitative estimate of drug-likeness (QED) is 0.611. The summed E-state index contributed by atoms with van der Waals surface area (Å²) in [5, 5.41) is 0. The molecule has 2 aliphatic rings. The Labute approximate surface area is 107 Å². The predicted octanol–water partition coefficient (Wildman–Crippen LogP) is 1.91. The lowest BCUT2D eigenvalue weighted by atomic mass is 9.74. The molecule has 0 saturated heterocycles. The fourth-order valence-electron chi connectivity index (χ4n) is 3.45. The molecule has 98 valence electrons. The second-order valence-corrected chi connectivity index (χ2v) is 5.44. The number of nitrogens with two attached hydrogens (primary N) is 1. The molecule has 0 radical (unpaired) electrons. The van der Waals surface area contributed by atoms with E-state index in [2.05, 4.69) is 6.58 Å². The zero-order valence-electron chi connectivity index (χ0n) is 10.9. The van der Waals surface area contributed by atoms with Gasteiger partial charge in [0.15, 0.2) is 0 Å². The molecule has 2 N–H and O–H groups in total. The second-order valence-electron chi connectivity index (χ2n) is 5.44. The highest BCUT2D eigenvalue weighted by atomic mass is 16.5. The van der Waals surface area contributed by atoms with Crippen molar-refractivity contribution < 1.29 is 14.3 Å². The number of carbonyl (C=O) groups excluding carboxylic acids is 2. The van der Waals surface area contributed by atoms with Crippen molar-refractivity contribution in [2.24, 2.45) is 23.0 Å². The number of fused-ring (bicyclic) bond motifs is 2. The maximum atomic E-state index is 11.8. The number of primary amides is 1. The topological polar surface area (TPSA) is 69.4 Å². The molecule has 18 heavy (non-hydrogen) atoms. The third kappa shape index (κ3) is 1.67. The van der Waals surface area contributed by atoms with Crippen molar-refractivity contribution in [1.29, 1.82) is 0 Å². The lowest BCUT2D eigenvalue weighted by Gasteiger charge is -2.30. The van der Waals surface area contributed by atoms with Crippen LogP contribution in [0.5, 0.6) is 0 Å². The number of rotatable bonds is 4. The maximum Gasteiger partial charge on any atom is 0.335 e. The molecule has 0 aromatic carbocycles. The molecule has 1 amide bonds. The van der Waals surface area contributed by atoms with Gasteiger partial charge in [0.25, 0.3) is 0 Å². The van der Waals surface area contributed by atoms with Crippen LogP contribution in [0.2, 0.25) is 0 Å². The van der Waals surface area contributed by atoms with Crippen molar-refractivity contribution in [3.05, 3.63) is 24.0 Å². The summed E-state index contributed by atoms with van der Waals surface area (Å²) < 4.78 is 5.36. The van der Waals surface area contributed by atoms with Crippen LogP contribution in [-0.4, -0.2) is 11.9 Å². The molecule has 2 unspecified atom stereocenters. The van der Waals surface area contributed by atoms with Gasteiger partial charge in [-0.05, 0) is 30.8 Å². The van der Waals surface area contributed by atoms with E-state index in [0.29, 0.717) is 12.2 Å². The first-order chi connectivity index (χ1) is 8.42. The van der Waals surface area contributed by atoms with Crippen LogP contribution in [-0.2, 0) is 14.3 Å². The van der Waals surface area contributed by atoms with Gasteiger partial charge in [-0.2, -0.15) is 0 Å². The van der Waals surface area contributed by atoms with Crippen LogP contribution < -0.4 is 5.73 Å². The van der Waals surface area contributed by atoms with Gasteiger partial charge in [-0.3, -0.25) is 4.79 Å². The molecule has 4 nitrogen and oxygen atoms in total. The number of esters is 1. The molecular weight excluding hydrogens is 230 g/mol. The second kappa shape index (κ2) is 4.26. The first-order valence-corrected chi connectivity index (χ1v) is 6.31. The monoisotopic (exact) mass is 249 g/mol. The van der Waals surface area contributed by atoms with Crippen LogP contribution in [0.3, 0.4) is 0 Å². The minimum absolute atomic E-state index is 0.149. The molecule has 0 spiro atoms. The molecule has 2 rings (SSSR count). The molecule has 0 aromatic heterocycles. The smallest absolute Gasteiger partial charge is 0.335 e. The standard InChI is InChI=1S/C14H19NO3/c1-4-10(16)18-12-9-5-6-14(7-9,13(15)17)11(12)8(2)3/h4,8-9H,1,5-7H2,2-3H3,(H2,15,17). The fourth-order valence-corrected chi connectivity index (χ4v) is 3.45. The Hall–Kier alpha value is -1.58. The first-order valence-electron chi connectivity index (χ1n) is 6.31. The Bertz CT molecular complexity index is 450. The summed E-state index contributed by atoms with van der Waals surface area (Å²) in [5.41, 5.74) is 5.92. The van der Waals surface area contributed by atoms with E-state index in [1.54, 1.807) is 0 Å². The largest absolute Gasteiger partial charge is 0.428 e. The Morgan fingerprint density at radius 1 is 1.56 bits per heavy atom. The van der Waals surface area contributed by atoms with Gasteiger partial charge in [-0.15, -0.1) is 0 Å². The number of amides is 1. The van der Waals surface area contributed by atoms with Crippen LogP contribution in [0.4, 0.5) is 0 Å².